The molecule has 0 amide bonds. The number of nitrogens with zero attached hydrogens (tertiary/aromatic N) is 3. The SMILES string of the molecule is CN(C)[C@H]1C[C@@H](C2(C)C=CC=C(F)C2)CC[C@@H]1Nc1cc(F)c(S(=O)(=O)Nc2ccncn2)cc1Cl. The molecule has 0 saturated heterocycles. The molecule has 2 aromatic rings. The predicted octanol–water partition coefficient (Wildman–Crippen LogP) is 5.40. The van der Waals surface area contributed by atoms with Gasteiger partial charge >= 0.3 is 0 Å². The quantitative estimate of drug-likeness (QED) is 0.492. The molecule has 1 saturated carbocycles. The molecule has 4 rings (SSSR count). The Morgan fingerprint density at radius 1 is 1.22 bits per heavy atom. The van der Waals surface area contributed by atoms with E-state index in [1.807, 2.05) is 14.1 Å². The van der Waals surface area contributed by atoms with Gasteiger partial charge in [0.1, 0.15) is 28.7 Å². The Labute approximate surface area is 215 Å². The van der Waals surface area contributed by atoms with E-state index in [4.69, 9.17) is 11.6 Å². The average molecular weight is 538 g/mol. The molecule has 1 aromatic heterocycles. The molecule has 1 fully saturated rings. The third-order valence-corrected chi connectivity index (χ3v) is 8.87. The van der Waals surface area contributed by atoms with E-state index in [2.05, 4.69) is 37.9 Å². The van der Waals surface area contributed by atoms with Crippen LogP contribution in [0.4, 0.5) is 20.3 Å². The smallest absolute Gasteiger partial charge is 0.266 e. The number of halogens is 3. The van der Waals surface area contributed by atoms with Gasteiger partial charge in [-0.25, -0.2) is 27.2 Å². The average Bonchev–Trinajstić information content (AvgIpc) is 2.81. The first-order chi connectivity index (χ1) is 17.0. The lowest BCUT2D eigenvalue weighted by molar-refractivity contribution is 0.104. The number of sulfonamides is 1. The molecule has 2 N–H and O–H groups in total. The number of hydrogen-bond donors (Lipinski definition) is 2. The molecular formula is C25H30ClF2N5O2S. The van der Waals surface area contributed by atoms with E-state index in [0.29, 0.717) is 12.1 Å². The molecule has 0 bridgehead atoms. The third kappa shape index (κ3) is 5.71. The number of allylic oxidation sites excluding steroid dienone is 4. The molecule has 2 aliphatic rings. The first-order valence-corrected chi connectivity index (χ1v) is 13.6. The highest BCUT2D eigenvalue weighted by Gasteiger charge is 2.41. The van der Waals surface area contributed by atoms with Crippen molar-refractivity contribution >= 4 is 33.1 Å². The summed E-state index contributed by atoms with van der Waals surface area (Å²) in [6.07, 6.45) is 10.8. The molecule has 36 heavy (non-hydrogen) atoms. The molecule has 2 aliphatic carbocycles. The van der Waals surface area contributed by atoms with Crippen LogP contribution in [0.3, 0.4) is 0 Å². The summed E-state index contributed by atoms with van der Waals surface area (Å²) >= 11 is 6.43. The minimum Gasteiger partial charge on any atom is -0.379 e. The van der Waals surface area contributed by atoms with Crippen molar-refractivity contribution in [3.8, 4) is 0 Å². The van der Waals surface area contributed by atoms with Crippen molar-refractivity contribution in [2.45, 2.75) is 49.6 Å². The van der Waals surface area contributed by atoms with E-state index in [-0.39, 0.29) is 40.1 Å². The number of likely N-dealkylation sites (N-methyl/N-ethyl adjacent to an activating group) is 1. The topological polar surface area (TPSA) is 87.2 Å². The van der Waals surface area contributed by atoms with E-state index < -0.39 is 20.7 Å². The number of rotatable bonds is 7. The Morgan fingerprint density at radius 3 is 2.67 bits per heavy atom. The minimum atomic E-state index is -4.25. The van der Waals surface area contributed by atoms with Crippen LogP contribution in [-0.2, 0) is 10.0 Å². The second kappa shape index (κ2) is 10.4. The number of hydrogen-bond acceptors (Lipinski definition) is 6. The Hall–Kier alpha value is -2.56. The molecule has 1 unspecified atom stereocenters. The van der Waals surface area contributed by atoms with Crippen molar-refractivity contribution in [2.75, 3.05) is 24.1 Å². The van der Waals surface area contributed by atoms with Crippen LogP contribution in [0.5, 0.6) is 0 Å². The van der Waals surface area contributed by atoms with E-state index in [1.165, 1.54) is 24.7 Å². The van der Waals surface area contributed by atoms with Crippen LogP contribution in [0.15, 0.2) is 59.7 Å². The molecule has 11 heteroatoms. The number of nitrogens with one attached hydrogen (secondary N) is 2. The Kier molecular flexibility index (Phi) is 7.68. The molecule has 0 radical (unpaired) electrons. The fourth-order valence-corrected chi connectivity index (χ4v) is 6.59. The summed E-state index contributed by atoms with van der Waals surface area (Å²) in [4.78, 5) is 9.08. The third-order valence-electron chi connectivity index (χ3n) is 7.19. The van der Waals surface area contributed by atoms with Crippen LogP contribution in [0.25, 0.3) is 0 Å². The first-order valence-electron chi connectivity index (χ1n) is 11.7. The van der Waals surface area contributed by atoms with Gasteiger partial charge in [0, 0.05) is 24.7 Å². The van der Waals surface area contributed by atoms with E-state index in [9.17, 15) is 12.8 Å². The van der Waals surface area contributed by atoms with Gasteiger partial charge < -0.3 is 10.2 Å². The van der Waals surface area contributed by atoms with Crippen LogP contribution in [0, 0.1) is 17.2 Å². The molecular weight excluding hydrogens is 508 g/mol. The maximum Gasteiger partial charge on any atom is 0.266 e. The highest BCUT2D eigenvalue weighted by Crippen LogP contribution is 2.46. The first kappa shape index (κ1) is 26.5. The van der Waals surface area contributed by atoms with Gasteiger partial charge in [0.25, 0.3) is 10.0 Å². The second-order valence-electron chi connectivity index (χ2n) is 9.91. The largest absolute Gasteiger partial charge is 0.379 e. The van der Waals surface area contributed by atoms with Gasteiger partial charge in [0.15, 0.2) is 0 Å². The van der Waals surface area contributed by atoms with Crippen LogP contribution < -0.4 is 10.0 Å². The minimum absolute atomic E-state index is 0.0187. The fraction of sp³-hybridized carbons (Fsp3) is 0.440. The molecule has 7 nitrogen and oxygen atoms in total. The van der Waals surface area contributed by atoms with Gasteiger partial charge in [-0.2, -0.15) is 0 Å². The summed E-state index contributed by atoms with van der Waals surface area (Å²) in [7, 11) is -0.281. The highest BCUT2D eigenvalue weighted by atomic mass is 35.5. The van der Waals surface area contributed by atoms with E-state index in [1.54, 1.807) is 6.08 Å². The lowest BCUT2D eigenvalue weighted by Gasteiger charge is -2.46. The second-order valence-corrected chi connectivity index (χ2v) is 12.0. The van der Waals surface area contributed by atoms with E-state index in [0.717, 1.165) is 31.4 Å². The Balaban J connectivity index is 1.52. The predicted molar refractivity (Wildman–Crippen MR) is 138 cm³/mol. The van der Waals surface area contributed by atoms with Gasteiger partial charge in [0.05, 0.1) is 10.7 Å². The summed E-state index contributed by atoms with van der Waals surface area (Å²) in [5, 5.41) is 3.43. The number of aromatic nitrogens is 2. The fourth-order valence-electron chi connectivity index (χ4n) is 5.21. The molecule has 0 spiro atoms. The van der Waals surface area contributed by atoms with Crippen LogP contribution in [-0.4, -0.2) is 49.5 Å². The van der Waals surface area contributed by atoms with Gasteiger partial charge in [-0.15, -0.1) is 0 Å². The Bertz CT molecular complexity index is 1270. The maximum atomic E-state index is 15.0. The monoisotopic (exact) mass is 537 g/mol. The summed E-state index contributed by atoms with van der Waals surface area (Å²) in [5.74, 6) is -0.731. The zero-order valence-electron chi connectivity index (χ0n) is 20.4. The van der Waals surface area contributed by atoms with E-state index >= 15 is 4.39 Å². The summed E-state index contributed by atoms with van der Waals surface area (Å²) in [5.41, 5.74) is 0.0670. The van der Waals surface area contributed by atoms with Crippen molar-refractivity contribution in [3.63, 3.8) is 0 Å². The van der Waals surface area contributed by atoms with Crippen molar-refractivity contribution in [1.82, 2.24) is 14.9 Å². The summed E-state index contributed by atoms with van der Waals surface area (Å²) < 4.78 is 56.8. The lowest BCUT2D eigenvalue weighted by Crippen LogP contribution is -2.50. The van der Waals surface area contributed by atoms with Gasteiger partial charge in [-0.3, -0.25) is 4.72 Å². The molecule has 4 atom stereocenters. The van der Waals surface area contributed by atoms with Crippen molar-refractivity contribution < 1.29 is 17.2 Å². The highest BCUT2D eigenvalue weighted by molar-refractivity contribution is 7.92. The zero-order chi connectivity index (χ0) is 26.1. The van der Waals surface area contributed by atoms with Crippen molar-refractivity contribution in [1.29, 1.82) is 0 Å². The number of anilines is 2. The lowest BCUT2D eigenvalue weighted by atomic mass is 9.64. The van der Waals surface area contributed by atoms with Crippen LogP contribution in [0.2, 0.25) is 5.02 Å². The standard InChI is InChI=1S/C25H30ClF2N5O2S/c1-25(9-4-5-17(27)14-25)16-6-7-20(22(11-16)33(2)3)31-21-13-19(28)23(12-18(21)26)36(34,35)32-24-8-10-29-15-30-24/h4-5,8-10,12-13,15-16,20,22,31H,6-7,11,14H2,1-3H3,(H,29,30,32)/t16-,20-,22-,25?/m0/s1. The summed E-state index contributed by atoms with van der Waals surface area (Å²) in [6, 6.07) is 3.61. The van der Waals surface area contributed by atoms with Gasteiger partial charge in [0.2, 0.25) is 0 Å². The molecule has 1 heterocycles. The number of benzene rings is 1. The molecule has 194 valence electrons. The maximum absolute atomic E-state index is 15.0. The van der Waals surface area contributed by atoms with Crippen molar-refractivity contribution in [2.24, 2.45) is 11.3 Å². The van der Waals surface area contributed by atoms with Crippen molar-refractivity contribution in [3.05, 3.63) is 65.6 Å². The Morgan fingerprint density at radius 2 is 2.00 bits per heavy atom. The normalized spacial score (nSPS) is 26.5. The van der Waals surface area contributed by atoms with Gasteiger partial charge in [-0.1, -0.05) is 30.7 Å². The molecule has 0 aliphatic heterocycles. The summed E-state index contributed by atoms with van der Waals surface area (Å²) in [6.45, 7) is 2.10. The zero-order valence-corrected chi connectivity index (χ0v) is 22.0. The van der Waals surface area contributed by atoms with Gasteiger partial charge in [-0.05, 0) is 69.0 Å². The van der Waals surface area contributed by atoms with Crippen LogP contribution >= 0.6 is 11.6 Å². The van der Waals surface area contributed by atoms with Crippen LogP contribution in [0.1, 0.15) is 32.6 Å². The molecule has 1 aromatic carbocycles.